The van der Waals surface area contributed by atoms with E-state index in [0.717, 1.165) is 0 Å². The standard InChI is InChI=1S/C13H27N3O3Si/c1-12(2,3)20(5,6)19-9-11-13(4,17)7-10(8-18-11)15-16-14/h10-11,17H,7-9H2,1-6H3/t10-,11-,13-/m1/s1. The van der Waals surface area contributed by atoms with Crippen LogP contribution in [0.1, 0.15) is 34.1 Å². The molecule has 1 aliphatic heterocycles. The van der Waals surface area contributed by atoms with Crippen LogP contribution < -0.4 is 0 Å². The molecule has 0 aromatic heterocycles. The van der Waals surface area contributed by atoms with Gasteiger partial charge in [-0.1, -0.05) is 25.9 Å². The Hall–Kier alpha value is -0.593. The van der Waals surface area contributed by atoms with Crippen molar-refractivity contribution in [1.82, 2.24) is 0 Å². The predicted molar refractivity (Wildman–Crippen MR) is 81.1 cm³/mol. The van der Waals surface area contributed by atoms with E-state index in [4.69, 9.17) is 14.7 Å². The third kappa shape index (κ3) is 4.20. The molecule has 20 heavy (non-hydrogen) atoms. The first-order chi connectivity index (χ1) is 8.99. The van der Waals surface area contributed by atoms with Gasteiger partial charge in [-0.05, 0) is 37.0 Å². The van der Waals surface area contributed by atoms with Gasteiger partial charge in [0.15, 0.2) is 8.32 Å². The van der Waals surface area contributed by atoms with Crippen LogP contribution in [0.5, 0.6) is 0 Å². The van der Waals surface area contributed by atoms with E-state index in [9.17, 15) is 5.11 Å². The Kier molecular flexibility index (Phi) is 5.27. The van der Waals surface area contributed by atoms with Crippen molar-refractivity contribution in [2.45, 2.75) is 70.0 Å². The molecule has 0 spiro atoms. The Labute approximate surface area is 122 Å². The molecule has 3 atom stereocenters. The van der Waals surface area contributed by atoms with Gasteiger partial charge in [-0.3, -0.25) is 0 Å². The number of azide groups is 1. The molecule has 0 amide bonds. The Balaban J connectivity index is 2.64. The highest BCUT2D eigenvalue weighted by Crippen LogP contribution is 2.37. The summed E-state index contributed by atoms with van der Waals surface area (Å²) in [5.74, 6) is 0. The molecule has 1 saturated heterocycles. The van der Waals surface area contributed by atoms with Crippen molar-refractivity contribution in [1.29, 1.82) is 0 Å². The summed E-state index contributed by atoms with van der Waals surface area (Å²) < 4.78 is 11.8. The van der Waals surface area contributed by atoms with Crippen LogP contribution in [-0.2, 0) is 9.16 Å². The number of nitrogens with zero attached hydrogens (tertiary/aromatic N) is 3. The van der Waals surface area contributed by atoms with E-state index in [2.05, 4.69) is 43.9 Å². The third-order valence-corrected chi connectivity index (χ3v) is 8.95. The highest BCUT2D eigenvalue weighted by molar-refractivity contribution is 6.74. The van der Waals surface area contributed by atoms with E-state index in [1.807, 2.05) is 0 Å². The minimum absolute atomic E-state index is 0.126. The number of aliphatic hydroxyl groups is 1. The van der Waals surface area contributed by atoms with E-state index in [-0.39, 0.29) is 17.2 Å². The average Bonchev–Trinajstić information content (AvgIpc) is 2.25. The monoisotopic (exact) mass is 301 g/mol. The zero-order valence-corrected chi connectivity index (χ0v) is 14.4. The Morgan fingerprint density at radius 1 is 1.50 bits per heavy atom. The lowest BCUT2D eigenvalue weighted by Gasteiger charge is -2.42. The second kappa shape index (κ2) is 6.03. The summed E-state index contributed by atoms with van der Waals surface area (Å²) in [6.07, 6.45) is 0.0320. The summed E-state index contributed by atoms with van der Waals surface area (Å²) in [5.41, 5.74) is 7.43. The van der Waals surface area contributed by atoms with Gasteiger partial charge in [-0.25, -0.2) is 0 Å². The molecule has 6 nitrogen and oxygen atoms in total. The molecule has 0 unspecified atom stereocenters. The fourth-order valence-electron chi connectivity index (χ4n) is 1.95. The van der Waals surface area contributed by atoms with Crippen LogP contribution in [0.3, 0.4) is 0 Å². The van der Waals surface area contributed by atoms with Gasteiger partial charge in [0.2, 0.25) is 0 Å². The summed E-state index contributed by atoms with van der Waals surface area (Å²) in [6, 6.07) is -0.306. The molecule has 1 rings (SSSR count). The van der Waals surface area contributed by atoms with Gasteiger partial charge >= 0.3 is 0 Å². The Morgan fingerprint density at radius 3 is 2.55 bits per heavy atom. The maximum absolute atomic E-state index is 10.5. The summed E-state index contributed by atoms with van der Waals surface area (Å²) in [5, 5.41) is 14.2. The maximum atomic E-state index is 10.5. The highest BCUT2D eigenvalue weighted by Gasteiger charge is 2.43. The first-order valence-electron chi connectivity index (χ1n) is 7.02. The van der Waals surface area contributed by atoms with Crippen molar-refractivity contribution in [3.8, 4) is 0 Å². The van der Waals surface area contributed by atoms with E-state index >= 15 is 0 Å². The summed E-state index contributed by atoms with van der Waals surface area (Å²) in [7, 11) is -1.86. The van der Waals surface area contributed by atoms with Crippen LogP contribution in [0, 0.1) is 0 Å². The molecule has 1 aliphatic rings. The number of hydrogen-bond donors (Lipinski definition) is 1. The van der Waals surface area contributed by atoms with Gasteiger partial charge in [0.1, 0.15) is 6.10 Å². The highest BCUT2D eigenvalue weighted by atomic mass is 28.4. The molecule has 7 heteroatoms. The molecule has 1 N–H and O–H groups in total. The first-order valence-corrected chi connectivity index (χ1v) is 9.92. The average molecular weight is 301 g/mol. The van der Waals surface area contributed by atoms with Crippen molar-refractivity contribution in [2.24, 2.45) is 5.11 Å². The Morgan fingerprint density at radius 2 is 2.10 bits per heavy atom. The molecule has 116 valence electrons. The first kappa shape index (κ1) is 17.5. The molecule has 0 radical (unpaired) electrons. The fourth-order valence-corrected chi connectivity index (χ4v) is 2.95. The second-order valence-corrected chi connectivity index (χ2v) is 12.1. The predicted octanol–water partition coefficient (Wildman–Crippen LogP) is 3.23. The minimum Gasteiger partial charge on any atom is -0.414 e. The molecule has 0 aromatic rings. The van der Waals surface area contributed by atoms with Gasteiger partial charge in [0.25, 0.3) is 0 Å². The summed E-state index contributed by atoms with van der Waals surface area (Å²) in [6.45, 7) is 13.3. The summed E-state index contributed by atoms with van der Waals surface area (Å²) in [4.78, 5) is 2.78. The SMILES string of the molecule is CC(C)(C)[Si](C)(C)OC[C@H]1OC[C@H](N=[N+]=[N-])C[C@@]1(C)O. The number of hydrogen-bond acceptors (Lipinski definition) is 4. The molecule has 0 aliphatic carbocycles. The summed E-state index contributed by atoms with van der Waals surface area (Å²) >= 11 is 0. The van der Waals surface area contributed by atoms with Gasteiger partial charge in [-0.15, -0.1) is 0 Å². The molecule has 0 saturated carbocycles. The third-order valence-electron chi connectivity index (χ3n) is 4.45. The van der Waals surface area contributed by atoms with E-state index in [1.165, 1.54) is 0 Å². The van der Waals surface area contributed by atoms with Crippen LogP contribution >= 0.6 is 0 Å². The number of rotatable bonds is 4. The van der Waals surface area contributed by atoms with Gasteiger partial charge < -0.3 is 14.3 Å². The van der Waals surface area contributed by atoms with Crippen molar-refractivity contribution in [2.75, 3.05) is 13.2 Å². The second-order valence-electron chi connectivity index (χ2n) is 7.31. The minimum atomic E-state index is -1.86. The lowest BCUT2D eigenvalue weighted by atomic mass is 9.89. The van der Waals surface area contributed by atoms with Crippen molar-refractivity contribution >= 4 is 8.32 Å². The van der Waals surface area contributed by atoms with E-state index < -0.39 is 13.9 Å². The largest absolute Gasteiger partial charge is 0.414 e. The quantitative estimate of drug-likeness (QED) is 0.374. The molecule has 1 heterocycles. The Bertz CT molecular complexity index is 387. The smallest absolute Gasteiger partial charge is 0.192 e. The van der Waals surface area contributed by atoms with Gasteiger partial charge in [0, 0.05) is 4.91 Å². The molecule has 0 aromatic carbocycles. The van der Waals surface area contributed by atoms with Crippen LogP contribution in [0.15, 0.2) is 5.11 Å². The van der Waals surface area contributed by atoms with E-state index in [0.29, 0.717) is 19.6 Å². The lowest BCUT2D eigenvalue weighted by Crippen LogP contribution is -2.54. The number of ether oxygens (including phenoxy) is 1. The van der Waals surface area contributed by atoms with Crippen LogP contribution in [0.2, 0.25) is 18.1 Å². The molecule has 0 bridgehead atoms. The van der Waals surface area contributed by atoms with Crippen molar-refractivity contribution in [3.63, 3.8) is 0 Å². The topological polar surface area (TPSA) is 87.5 Å². The van der Waals surface area contributed by atoms with Crippen LogP contribution in [0.25, 0.3) is 10.4 Å². The fraction of sp³-hybridized carbons (Fsp3) is 1.00. The van der Waals surface area contributed by atoms with Crippen molar-refractivity contribution in [3.05, 3.63) is 10.4 Å². The molecular formula is C13H27N3O3Si. The van der Waals surface area contributed by atoms with Gasteiger partial charge in [0.05, 0.1) is 24.9 Å². The maximum Gasteiger partial charge on any atom is 0.192 e. The normalized spacial score (nSPS) is 31.8. The lowest BCUT2D eigenvalue weighted by molar-refractivity contribution is -0.153. The zero-order chi connectivity index (χ0) is 15.6. The van der Waals surface area contributed by atoms with Crippen LogP contribution in [0.4, 0.5) is 0 Å². The van der Waals surface area contributed by atoms with Gasteiger partial charge in [-0.2, -0.15) is 0 Å². The molecule has 1 fully saturated rings. The zero-order valence-electron chi connectivity index (χ0n) is 13.4. The molecular weight excluding hydrogens is 274 g/mol. The van der Waals surface area contributed by atoms with Crippen LogP contribution in [-0.4, -0.2) is 44.4 Å². The van der Waals surface area contributed by atoms with E-state index in [1.54, 1.807) is 6.92 Å². The van der Waals surface area contributed by atoms with Crippen molar-refractivity contribution < 1.29 is 14.3 Å².